The average Bonchev–Trinajstić information content (AvgIpc) is 3.46. The van der Waals surface area contributed by atoms with Crippen LogP contribution < -0.4 is 15.4 Å². The molecular formula is C30H37ClN6O5. The number of amides is 3. The topological polar surface area (TPSA) is 129 Å². The van der Waals surface area contributed by atoms with Crippen molar-refractivity contribution in [1.29, 1.82) is 0 Å². The van der Waals surface area contributed by atoms with E-state index in [2.05, 4.69) is 25.5 Å². The van der Waals surface area contributed by atoms with Crippen molar-refractivity contribution in [2.45, 2.75) is 38.8 Å². The van der Waals surface area contributed by atoms with Gasteiger partial charge in [0.1, 0.15) is 24.0 Å². The van der Waals surface area contributed by atoms with Gasteiger partial charge >= 0.3 is 6.09 Å². The third-order valence-corrected chi connectivity index (χ3v) is 6.76. The molecule has 0 spiro atoms. The van der Waals surface area contributed by atoms with Crippen LogP contribution in [0.4, 0.5) is 10.5 Å². The first-order valence-corrected chi connectivity index (χ1v) is 14.2. The molecule has 1 aliphatic heterocycles. The van der Waals surface area contributed by atoms with Crippen molar-refractivity contribution in [3.8, 4) is 5.75 Å². The van der Waals surface area contributed by atoms with Gasteiger partial charge in [0.15, 0.2) is 0 Å². The number of nitrogens with zero attached hydrogens (tertiary/aromatic N) is 3. The lowest BCUT2D eigenvalue weighted by Gasteiger charge is -2.34. The zero-order valence-corrected chi connectivity index (χ0v) is 24.8. The molecule has 1 atom stereocenters. The molecule has 12 heteroatoms. The number of rotatable bonds is 10. The van der Waals surface area contributed by atoms with Crippen molar-refractivity contribution in [2.75, 3.05) is 44.6 Å². The molecule has 42 heavy (non-hydrogen) atoms. The molecule has 1 aliphatic rings. The molecule has 3 amide bonds. The number of ether oxygens (including phenoxy) is 2. The minimum Gasteiger partial charge on any atom is -0.492 e. The Kier molecular flexibility index (Phi) is 10.4. The van der Waals surface area contributed by atoms with E-state index >= 15 is 0 Å². The molecule has 0 aliphatic carbocycles. The number of hydrogen-bond acceptors (Lipinski definition) is 7. The molecule has 11 nitrogen and oxygen atoms in total. The summed E-state index contributed by atoms with van der Waals surface area (Å²) in [6, 6.07) is 13.1. The number of hydrogen-bond donors (Lipinski definition) is 3. The number of aromatic amines is 1. The number of benzene rings is 2. The van der Waals surface area contributed by atoms with E-state index in [4.69, 9.17) is 21.1 Å². The highest BCUT2D eigenvalue weighted by atomic mass is 35.5. The van der Waals surface area contributed by atoms with Gasteiger partial charge < -0.3 is 30.0 Å². The SMILES string of the molecule is CC(C)(C)OC(=O)NC(Cc1cnc[nH]1)C(=O)Nc1cccc(C(=O)N2CCN(CCOc3ccc(Cl)cc3)CC2)c1. The van der Waals surface area contributed by atoms with Crippen LogP contribution in [0.25, 0.3) is 0 Å². The smallest absolute Gasteiger partial charge is 0.408 e. The number of H-pyrrole nitrogens is 1. The van der Waals surface area contributed by atoms with E-state index in [1.165, 1.54) is 6.33 Å². The van der Waals surface area contributed by atoms with Crippen LogP contribution in [0.5, 0.6) is 5.75 Å². The van der Waals surface area contributed by atoms with E-state index in [0.717, 1.165) is 25.4 Å². The lowest BCUT2D eigenvalue weighted by Crippen LogP contribution is -2.49. The van der Waals surface area contributed by atoms with Crippen molar-refractivity contribution in [1.82, 2.24) is 25.1 Å². The Morgan fingerprint density at radius 2 is 1.81 bits per heavy atom. The van der Waals surface area contributed by atoms with Crippen molar-refractivity contribution in [3.63, 3.8) is 0 Å². The van der Waals surface area contributed by atoms with Gasteiger partial charge in [0, 0.05) is 67.3 Å². The standard InChI is InChI=1S/C30H37ClN6O5/c1-30(2,3)42-29(40)35-26(18-24-19-32-20-33-24)27(38)34-23-6-4-5-21(17-23)28(39)37-13-11-36(12-14-37)15-16-41-25-9-7-22(31)8-10-25/h4-10,17,19-20,26H,11-16,18H2,1-3H3,(H,32,33)(H,34,38)(H,35,40). The summed E-state index contributed by atoms with van der Waals surface area (Å²) < 4.78 is 11.1. The molecule has 2 heterocycles. The van der Waals surface area contributed by atoms with Crippen LogP contribution in [-0.2, 0) is 16.0 Å². The molecule has 1 aromatic heterocycles. The summed E-state index contributed by atoms with van der Waals surface area (Å²) in [4.78, 5) is 49.9. The minimum absolute atomic E-state index is 0.107. The van der Waals surface area contributed by atoms with Crippen molar-refractivity contribution >= 4 is 35.2 Å². The number of carbonyl (C=O) groups excluding carboxylic acids is 3. The summed E-state index contributed by atoms with van der Waals surface area (Å²) in [5.41, 5.74) is 0.873. The second-order valence-corrected chi connectivity index (χ2v) is 11.4. The Balaban J connectivity index is 1.30. The molecule has 3 aromatic rings. The summed E-state index contributed by atoms with van der Waals surface area (Å²) in [5, 5.41) is 6.13. The molecular weight excluding hydrogens is 560 g/mol. The summed E-state index contributed by atoms with van der Waals surface area (Å²) in [6.45, 7) is 9.17. The summed E-state index contributed by atoms with van der Waals surface area (Å²) in [5.74, 6) is 0.215. The van der Waals surface area contributed by atoms with Crippen LogP contribution in [0.15, 0.2) is 61.1 Å². The predicted molar refractivity (Wildman–Crippen MR) is 160 cm³/mol. The monoisotopic (exact) mass is 596 g/mol. The maximum absolute atomic E-state index is 13.3. The number of piperazine rings is 1. The Morgan fingerprint density at radius 3 is 2.48 bits per heavy atom. The number of nitrogens with one attached hydrogen (secondary N) is 3. The van der Waals surface area contributed by atoms with Crippen LogP contribution in [0, 0.1) is 0 Å². The Hall–Kier alpha value is -4.09. The molecule has 1 unspecified atom stereocenters. The van der Waals surface area contributed by atoms with Gasteiger partial charge in [-0.05, 0) is 63.2 Å². The first kappa shape index (κ1) is 30.9. The average molecular weight is 597 g/mol. The van der Waals surface area contributed by atoms with Crippen molar-refractivity contribution in [3.05, 3.63) is 77.3 Å². The van der Waals surface area contributed by atoms with Crippen LogP contribution >= 0.6 is 11.6 Å². The third kappa shape index (κ3) is 9.49. The second-order valence-electron chi connectivity index (χ2n) is 11.0. The Bertz CT molecular complexity index is 1330. The number of aromatic nitrogens is 2. The van der Waals surface area contributed by atoms with Crippen LogP contribution in [-0.4, -0.2) is 88.6 Å². The van der Waals surface area contributed by atoms with E-state index < -0.39 is 23.6 Å². The summed E-state index contributed by atoms with van der Waals surface area (Å²) in [7, 11) is 0. The zero-order chi connectivity index (χ0) is 30.1. The first-order chi connectivity index (χ1) is 20.1. The molecule has 0 radical (unpaired) electrons. The Morgan fingerprint density at radius 1 is 1.07 bits per heavy atom. The summed E-state index contributed by atoms with van der Waals surface area (Å²) in [6.07, 6.45) is 2.56. The number of halogens is 1. The highest BCUT2D eigenvalue weighted by Gasteiger charge is 2.26. The van der Waals surface area contributed by atoms with E-state index in [9.17, 15) is 14.4 Å². The largest absolute Gasteiger partial charge is 0.492 e. The van der Waals surface area contributed by atoms with Crippen LogP contribution in [0.1, 0.15) is 36.8 Å². The van der Waals surface area contributed by atoms with Crippen molar-refractivity contribution in [2.24, 2.45) is 0 Å². The minimum atomic E-state index is -0.934. The normalized spacial score (nSPS) is 14.6. The molecule has 224 valence electrons. The van der Waals surface area contributed by atoms with Crippen LogP contribution in [0.3, 0.4) is 0 Å². The van der Waals surface area contributed by atoms with Gasteiger partial charge in [0.05, 0.1) is 6.33 Å². The number of imidazole rings is 1. The van der Waals surface area contributed by atoms with E-state index in [-0.39, 0.29) is 12.3 Å². The fourth-order valence-electron chi connectivity index (χ4n) is 4.42. The number of carbonyl (C=O) groups is 3. The molecule has 1 saturated heterocycles. The third-order valence-electron chi connectivity index (χ3n) is 6.51. The number of anilines is 1. The molecule has 2 aromatic carbocycles. The molecule has 0 saturated carbocycles. The Labute approximate surface area is 250 Å². The zero-order valence-electron chi connectivity index (χ0n) is 24.1. The second kappa shape index (κ2) is 14.2. The lowest BCUT2D eigenvalue weighted by molar-refractivity contribution is -0.118. The van der Waals surface area contributed by atoms with Gasteiger partial charge in [-0.1, -0.05) is 17.7 Å². The van der Waals surface area contributed by atoms with Gasteiger partial charge in [-0.2, -0.15) is 0 Å². The lowest BCUT2D eigenvalue weighted by atomic mass is 10.1. The van der Waals surface area contributed by atoms with E-state index in [1.54, 1.807) is 63.4 Å². The fraction of sp³-hybridized carbons (Fsp3) is 0.400. The van der Waals surface area contributed by atoms with Gasteiger partial charge in [0.25, 0.3) is 5.91 Å². The molecule has 4 rings (SSSR count). The molecule has 1 fully saturated rings. The van der Waals surface area contributed by atoms with E-state index in [0.29, 0.717) is 41.7 Å². The summed E-state index contributed by atoms with van der Waals surface area (Å²) >= 11 is 5.92. The van der Waals surface area contributed by atoms with Gasteiger partial charge in [-0.15, -0.1) is 0 Å². The van der Waals surface area contributed by atoms with E-state index in [1.807, 2.05) is 17.0 Å². The maximum Gasteiger partial charge on any atom is 0.408 e. The van der Waals surface area contributed by atoms with Gasteiger partial charge in [-0.25, -0.2) is 9.78 Å². The quantitative estimate of drug-likeness (QED) is 0.323. The van der Waals surface area contributed by atoms with Crippen molar-refractivity contribution < 1.29 is 23.9 Å². The molecule has 0 bridgehead atoms. The first-order valence-electron chi connectivity index (χ1n) is 13.8. The predicted octanol–water partition coefficient (Wildman–Crippen LogP) is 3.97. The fourth-order valence-corrected chi connectivity index (χ4v) is 4.54. The van der Waals surface area contributed by atoms with Gasteiger partial charge in [0.2, 0.25) is 5.91 Å². The van der Waals surface area contributed by atoms with Crippen LogP contribution in [0.2, 0.25) is 5.02 Å². The molecule has 3 N–H and O–H groups in total. The number of alkyl carbamates (subject to hydrolysis) is 1. The maximum atomic E-state index is 13.3. The highest BCUT2D eigenvalue weighted by Crippen LogP contribution is 2.17. The van der Waals surface area contributed by atoms with Gasteiger partial charge in [-0.3, -0.25) is 14.5 Å². The highest BCUT2D eigenvalue weighted by molar-refractivity contribution is 6.30.